The van der Waals surface area contributed by atoms with Crippen molar-refractivity contribution in [3.63, 3.8) is 0 Å². The molecule has 1 unspecified atom stereocenters. The van der Waals surface area contributed by atoms with Crippen LogP contribution in [-0.4, -0.2) is 82.0 Å². The number of nitrogens with zero attached hydrogens (tertiary/aromatic N) is 4. The Morgan fingerprint density at radius 2 is 1.70 bits per heavy atom. The van der Waals surface area contributed by atoms with Crippen LogP contribution in [0.15, 0.2) is 12.4 Å². The van der Waals surface area contributed by atoms with E-state index in [0.717, 1.165) is 18.3 Å². The highest BCUT2D eigenvalue weighted by atomic mass is 16.7. The van der Waals surface area contributed by atoms with E-state index in [9.17, 15) is 9.59 Å². The maximum absolute atomic E-state index is 13.1. The fourth-order valence-electron chi connectivity index (χ4n) is 4.58. The van der Waals surface area contributed by atoms with E-state index in [2.05, 4.69) is 34.0 Å². The molecule has 2 fully saturated rings. The molecule has 2 amide bonds. The van der Waals surface area contributed by atoms with Gasteiger partial charge in [-0.05, 0) is 82.1 Å². The number of carbonyl (C=O) groups excluding carboxylic acids is 2. The van der Waals surface area contributed by atoms with Gasteiger partial charge in [0.25, 0.3) is 0 Å². The van der Waals surface area contributed by atoms with Crippen LogP contribution in [0.1, 0.15) is 82.1 Å². The van der Waals surface area contributed by atoms with Gasteiger partial charge in [-0.3, -0.25) is 4.79 Å². The summed E-state index contributed by atoms with van der Waals surface area (Å²) >= 11 is 0. The molecule has 0 aliphatic carbocycles. The van der Waals surface area contributed by atoms with Crippen molar-refractivity contribution < 1.29 is 23.6 Å². The Hall–Kier alpha value is -2.40. The lowest BCUT2D eigenvalue weighted by molar-refractivity contribution is -0.134. The van der Waals surface area contributed by atoms with Crippen molar-refractivity contribution in [3.05, 3.63) is 12.4 Å². The van der Waals surface area contributed by atoms with Gasteiger partial charge < -0.3 is 29.2 Å². The number of alkyl carbamates (subject to hydrolysis) is 1. The molecule has 1 aromatic heterocycles. The van der Waals surface area contributed by atoms with Gasteiger partial charge in [0.1, 0.15) is 11.6 Å². The van der Waals surface area contributed by atoms with Crippen molar-refractivity contribution in [2.45, 2.75) is 117 Å². The van der Waals surface area contributed by atoms with Crippen molar-refractivity contribution in [2.75, 3.05) is 18.0 Å². The molecule has 3 rings (SSSR count). The SMILES string of the molecule is CC(NC(=O)OC(C)(C)C)C(=O)N1CCC[C@H](N(c2ncc(B3OC(C)(C)C(C)(C)O3)cn2)C(C)C)C1. The van der Waals surface area contributed by atoms with Crippen LogP contribution in [-0.2, 0) is 18.8 Å². The quantitative estimate of drug-likeness (QED) is 0.575. The number of amides is 2. The zero-order chi connectivity index (χ0) is 27.8. The highest BCUT2D eigenvalue weighted by Gasteiger charge is 2.52. The zero-order valence-electron chi connectivity index (χ0n) is 24.1. The number of aromatic nitrogens is 2. The summed E-state index contributed by atoms with van der Waals surface area (Å²) in [5, 5.41) is 2.66. The van der Waals surface area contributed by atoms with Crippen LogP contribution in [0.5, 0.6) is 0 Å². The largest absolute Gasteiger partial charge is 0.498 e. The molecule has 3 heterocycles. The fourth-order valence-corrected chi connectivity index (χ4v) is 4.58. The van der Waals surface area contributed by atoms with Crippen LogP contribution in [0.2, 0.25) is 0 Å². The van der Waals surface area contributed by atoms with Gasteiger partial charge in [0.05, 0.1) is 11.2 Å². The van der Waals surface area contributed by atoms with Crippen molar-refractivity contribution in [3.8, 4) is 0 Å². The second-order valence-corrected chi connectivity index (χ2v) is 12.4. The smallest absolute Gasteiger partial charge is 0.444 e. The number of carbonyl (C=O) groups is 2. The molecule has 0 radical (unpaired) electrons. The standard InChI is InChI=1S/C26H44BN5O5/c1-17(2)32(22-28-14-19(15-29-22)27-36-25(7,8)26(9,10)37-27)20-12-11-13-31(16-20)21(33)18(3)30-23(34)35-24(4,5)6/h14-15,17-18,20H,11-13,16H2,1-10H3,(H,30,34)/t18?,20-/m0/s1. The third-order valence-corrected chi connectivity index (χ3v) is 7.18. The Balaban J connectivity index is 1.68. The van der Waals surface area contributed by atoms with E-state index in [0.29, 0.717) is 19.0 Å². The average molecular weight is 517 g/mol. The predicted molar refractivity (Wildman–Crippen MR) is 144 cm³/mol. The molecule has 1 N–H and O–H groups in total. The van der Waals surface area contributed by atoms with Crippen LogP contribution < -0.4 is 15.7 Å². The van der Waals surface area contributed by atoms with Gasteiger partial charge in [-0.15, -0.1) is 0 Å². The normalized spacial score (nSPS) is 22.1. The second kappa shape index (κ2) is 10.8. The van der Waals surface area contributed by atoms with Gasteiger partial charge in [0, 0.05) is 43.0 Å². The summed E-state index contributed by atoms with van der Waals surface area (Å²) in [6.07, 6.45) is 4.70. The number of piperidine rings is 1. The molecular weight excluding hydrogens is 473 g/mol. The van der Waals surface area contributed by atoms with E-state index in [1.54, 1.807) is 40.1 Å². The molecule has 10 nitrogen and oxygen atoms in total. The maximum atomic E-state index is 13.1. The van der Waals surface area contributed by atoms with Crippen LogP contribution in [0.4, 0.5) is 10.7 Å². The van der Waals surface area contributed by atoms with Gasteiger partial charge >= 0.3 is 13.2 Å². The third-order valence-electron chi connectivity index (χ3n) is 7.18. The number of ether oxygens (including phenoxy) is 1. The van der Waals surface area contributed by atoms with Gasteiger partial charge in [-0.1, -0.05) is 0 Å². The minimum Gasteiger partial charge on any atom is -0.444 e. The highest BCUT2D eigenvalue weighted by molar-refractivity contribution is 6.61. The van der Waals surface area contributed by atoms with Crippen molar-refractivity contribution in [2.24, 2.45) is 0 Å². The van der Waals surface area contributed by atoms with Crippen molar-refractivity contribution >= 4 is 30.5 Å². The molecular formula is C26H44BN5O5. The number of hydrogen-bond donors (Lipinski definition) is 1. The minimum atomic E-state index is -0.684. The van der Waals surface area contributed by atoms with Gasteiger partial charge in [0.15, 0.2) is 0 Å². The molecule has 0 aromatic carbocycles. The Bertz CT molecular complexity index is 947. The molecule has 2 aliphatic heterocycles. The number of anilines is 1. The van der Waals surface area contributed by atoms with E-state index >= 15 is 0 Å². The van der Waals surface area contributed by atoms with E-state index in [1.807, 2.05) is 32.6 Å². The topological polar surface area (TPSA) is 106 Å². The van der Waals surface area contributed by atoms with Gasteiger partial charge in [-0.2, -0.15) is 0 Å². The Labute approximate surface area is 222 Å². The van der Waals surface area contributed by atoms with Crippen LogP contribution in [0.25, 0.3) is 0 Å². The fraction of sp³-hybridized carbons (Fsp3) is 0.769. The van der Waals surface area contributed by atoms with Crippen LogP contribution in [0, 0.1) is 0 Å². The summed E-state index contributed by atoms with van der Waals surface area (Å²) in [6.45, 7) is 20.5. The molecule has 0 bridgehead atoms. The first-order valence-electron chi connectivity index (χ1n) is 13.2. The zero-order valence-corrected chi connectivity index (χ0v) is 24.1. The minimum absolute atomic E-state index is 0.0501. The number of nitrogens with one attached hydrogen (secondary N) is 1. The maximum Gasteiger partial charge on any atom is 0.498 e. The van der Waals surface area contributed by atoms with Crippen molar-refractivity contribution in [1.29, 1.82) is 0 Å². The lowest BCUT2D eigenvalue weighted by Gasteiger charge is -2.42. The summed E-state index contributed by atoms with van der Waals surface area (Å²) in [5.41, 5.74) is -0.728. The van der Waals surface area contributed by atoms with Gasteiger partial charge in [0.2, 0.25) is 11.9 Å². The number of rotatable bonds is 6. The molecule has 2 saturated heterocycles. The van der Waals surface area contributed by atoms with E-state index in [-0.39, 0.29) is 18.0 Å². The Morgan fingerprint density at radius 3 is 2.22 bits per heavy atom. The first-order valence-corrected chi connectivity index (χ1v) is 13.2. The van der Waals surface area contributed by atoms with E-state index in [1.165, 1.54) is 0 Å². The van der Waals surface area contributed by atoms with Crippen LogP contribution >= 0.6 is 0 Å². The lowest BCUT2D eigenvalue weighted by atomic mass is 9.81. The highest BCUT2D eigenvalue weighted by Crippen LogP contribution is 2.36. The van der Waals surface area contributed by atoms with Gasteiger partial charge in [-0.25, -0.2) is 14.8 Å². The summed E-state index contributed by atoms with van der Waals surface area (Å²) in [7, 11) is -0.520. The number of likely N-dealkylation sites (tertiary alicyclic amines) is 1. The summed E-state index contributed by atoms with van der Waals surface area (Å²) in [5.74, 6) is 0.478. The monoisotopic (exact) mass is 517 g/mol. The molecule has 0 saturated carbocycles. The summed E-state index contributed by atoms with van der Waals surface area (Å²) < 4.78 is 17.6. The lowest BCUT2D eigenvalue weighted by Crippen LogP contribution is -2.56. The molecule has 1 aromatic rings. The Morgan fingerprint density at radius 1 is 1.14 bits per heavy atom. The molecule has 0 spiro atoms. The van der Waals surface area contributed by atoms with Crippen molar-refractivity contribution in [1.82, 2.24) is 20.2 Å². The second-order valence-electron chi connectivity index (χ2n) is 12.4. The first kappa shape index (κ1) is 29.2. The summed E-state index contributed by atoms with van der Waals surface area (Å²) in [4.78, 5) is 38.6. The molecule has 206 valence electrons. The van der Waals surface area contributed by atoms with Crippen LogP contribution in [0.3, 0.4) is 0 Å². The molecule has 2 aliphatic rings. The Kier molecular flexibility index (Phi) is 8.49. The summed E-state index contributed by atoms with van der Waals surface area (Å²) in [6, 6.07) is -0.509. The number of hydrogen-bond acceptors (Lipinski definition) is 8. The first-order chi connectivity index (χ1) is 17.0. The van der Waals surface area contributed by atoms with E-state index in [4.69, 9.17) is 14.0 Å². The molecule has 11 heteroatoms. The average Bonchev–Trinajstić information content (AvgIpc) is 2.99. The molecule has 2 atom stereocenters. The van der Waals surface area contributed by atoms with E-state index < -0.39 is 36.1 Å². The predicted octanol–water partition coefficient (Wildman–Crippen LogP) is 2.89. The molecule has 37 heavy (non-hydrogen) atoms. The third kappa shape index (κ3) is 6.93.